The summed E-state index contributed by atoms with van der Waals surface area (Å²) in [6.07, 6.45) is 2.80. The van der Waals surface area contributed by atoms with E-state index < -0.39 is 24.6 Å². The van der Waals surface area contributed by atoms with Gasteiger partial charge in [-0.1, -0.05) is 42.5 Å². The summed E-state index contributed by atoms with van der Waals surface area (Å²) in [5.41, 5.74) is 4.43. The maximum atomic E-state index is 13.6. The number of pyridine rings is 1. The van der Waals surface area contributed by atoms with Gasteiger partial charge < -0.3 is 18.2 Å². The summed E-state index contributed by atoms with van der Waals surface area (Å²) >= 11 is 0. The van der Waals surface area contributed by atoms with Gasteiger partial charge in [0, 0.05) is 28.9 Å². The zero-order valence-electron chi connectivity index (χ0n) is 19.6. The van der Waals surface area contributed by atoms with Crippen molar-refractivity contribution in [2.75, 3.05) is 0 Å². The van der Waals surface area contributed by atoms with E-state index in [0.29, 0.717) is 5.92 Å². The first-order valence-electron chi connectivity index (χ1n) is 10.4. The molecular formula is C25H26CaFNO4. The van der Waals surface area contributed by atoms with Crippen LogP contribution in [-0.2, 0) is 4.79 Å². The van der Waals surface area contributed by atoms with E-state index in [0.717, 1.165) is 46.1 Å². The summed E-state index contributed by atoms with van der Waals surface area (Å²) in [6.45, 7) is 0. The third-order valence-electron chi connectivity index (χ3n) is 5.47. The predicted molar refractivity (Wildman–Crippen MR) is 125 cm³/mol. The van der Waals surface area contributed by atoms with E-state index in [-0.39, 0.29) is 52.8 Å². The fourth-order valence-electron chi connectivity index (χ4n) is 3.86. The number of halogens is 1. The summed E-state index contributed by atoms with van der Waals surface area (Å²) in [6, 6.07) is 14.1. The Morgan fingerprint density at radius 1 is 1.16 bits per heavy atom. The fourth-order valence-corrected chi connectivity index (χ4v) is 3.86. The molecule has 4 rings (SSSR count). The molecule has 1 saturated carbocycles. The number of hydrogen-bond donors (Lipinski definition) is 3. The van der Waals surface area contributed by atoms with Crippen LogP contribution in [0.25, 0.3) is 28.1 Å². The molecule has 5 nitrogen and oxygen atoms in total. The van der Waals surface area contributed by atoms with Crippen LogP contribution >= 0.6 is 0 Å². The molecule has 1 aliphatic carbocycles. The molecule has 2 aromatic carbocycles. The van der Waals surface area contributed by atoms with Gasteiger partial charge in [-0.2, -0.15) is 0 Å². The van der Waals surface area contributed by atoms with Gasteiger partial charge in [0.05, 0.1) is 29.8 Å². The van der Waals surface area contributed by atoms with Crippen LogP contribution in [-0.4, -0.2) is 76.2 Å². The minimum absolute atomic E-state index is 0. The zero-order chi connectivity index (χ0) is 22.0. The molecule has 7 heteroatoms. The van der Waals surface area contributed by atoms with Gasteiger partial charge in [0.25, 0.3) is 0 Å². The second-order valence-corrected chi connectivity index (χ2v) is 8.00. The Balaban J connectivity index is 0.00000193. The normalized spacial score (nSPS) is 15.5. The topological polar surface area (TPSA) is 90.7 Å². The molecule has 0 amide bonds. The number of rotatable bonds is 8. The third kappa shape index (κ3) is 5.94. The molecule has 1 heterocycles. The van der Waals surface area contributed by atoms with E-state index in [9.17, 15) is 19.4 Å². The predicted octanol–water partition coefficient (Wildman–Crippen LogP) is 4.36. The van der Waals surface area contributed by atoms with Gasteiger partial charge in [0.15, 0.2) is 0 Å². The number of aliphatic hydroxyl groups excluding tert-OH is 2. The van der Waals surface area contributed by atoms with E-state index >= 15 is 0 Å². The zero-order valence-corrected chi connectivity index (χ0v) is 19.8. The molecule has 2 atom stereocenters. The van der Waals surface area contributed by atoms with E-state index in [1.54, 1.807) is 24.3 Å². The van der Waals surface area contributed by atoms with E-state index in [4.69, 9.17) is 10.1 Å². The Bertz CT molecular complexity index is 1140. The van der Waals surface area contributed by atoms with Crippen LogP contribution in [0.15, 0.2) is 54.6 Å². The number of para-hydroxylation sites is 1. The molecular weight excluding hydrogens is 437 g/mol. The third-order valence-corrected chi connectivity index (χ3v) is 5.47. The summed E-state index contributed by atoms with van der Waals surface area (Å²) in [4.78, 5) is 15.6. The average molecular weight is 464 g/mol. The monoisotopic (exact) mass is 463 g/mol. The summed E-state index contributed by atoms with van der Waals surface area (Å²) in [5.74, 6) is -1.10. The number of nitrogens with zero attached hydrogens (tertiary/aromatic N) is 1. The minimum atomic E-state index is -1.13. The average Bonchev–Trinajstić information content (AvgIpc) is 3.56. The van der Waals surface area contributed by atoms with Crippen molar-refractivity contribution >= 4 is 60.7 Å². The van der Waals surface area contributed by atoms with Gasteiger partial charge in [-0.25, -0.2) is 4.39 Å². The second-order valence-electron chi connectivity index (χ2n) is 8.00. The molecule has 0 radical (unpaired) electrons. The van der Waals surface area contributed by atoms with Crippen LogP contribution in [0.1, 0.15) is 45.7 Å². The van der Waals surface area contributed by atoms with Crippen molar-refractivity contribution in [3.8, 4) is 11.1 Å². The summed E-state index contributed by atoms with van der Waals surface area (Å²) in [5, 5.41) is 29.9. The molecule has 0 aliphatic heterocycles. The summed E-state index contributed by atoms with van der Waals surface area (Å²) < 4.78 is 13.6. The molecule has 3 N–H and O–H groups in total. The van der Waals surface area contributed by atoms with E-state index in [2.05, 4.69) is 0 Å². The molecule has 32 heavy (non-hydrogen) atoms. The number of carboxylic acids is 1. The standard InChI is InChI=1S/C25H24FNO4.Ca.2H/c26-17-9-7-15(8-10-17)24-20-3-1-2-4-22(20)27-25(16-5-6-16)21(24)12-11-18(28)13-19(29)14-23(30)31;;;/h1-4,7-12,16,18-19,28-29H,5-6,13-14H2,(H,30,31);;;/q;+2;2*-1/t18-,19-;;;/m1.../s1. The molecule has 0 bridgehead atoms. The van der Waals surface area contributed by atoms with Crippen LogP contribution in [0.5, 0.6) is 0 Å². The molecule has 0 unspecified atom stereocenters. The number of carboxylic acid groups (broad SMARTS) is 1. The number of aliphatic carboxylic acids is 1. The number of aromatic nitrogens is 1. The van der Waals surface area contributed by atoms with Crippen molar-refractivity contribution < 1.29 is 27.4 Å². The molecule has 0 saturated heterocycles. The first-order valence-corrected chi connectivity index (χ1v) is 10.4. The SMILES string of the molecule is O=C(O)C[C@H](O)C[C@H](O)C=Cc1c(C2CC2)nc2ccccc2c1-c1ccc(F)cc1.[Ca+2].[H-].[H-]. The number of aliphatic hydroxyl groups is 2. The number of hydrogen-bond acceptors (Lipinski definition) is 4. The largest absolute Gasteiger partial charge is 2.00 e. The van der Waals surface area contributed by atoms with Gasteiger partial charge >= 0.3 is 43.7 Å². The second kappa shape index (κ2) is 10.9. The fraction of sp³-hybridized carbons (Fsp3) is 0.280. The smallest absolute Gasteiger partial charge is 1.00 e. The Morgan fingerprint density at radius 3 is 2.50 bits per heavy atom. The maximum absolute atomic E-state index is 13.6. The quantitative estimate of drug-likeness (QED) is 0.432. The van der Waals surface area contributed by atoms with Crippen LogP contribution in [0, 0.1) is 5.82 Å². The van der Waals surface area contributed by atoms with Crippen molar-refractivity contribution in [3.63, 3.8) is 0 Å². The van der Waals surface area contributed by atoms with Crippen LogP contribution in [0.2, 0.25) is 0 Å². The van der Waals surface area contributed by atoms with Crippen molar-refractivity contribution in [2.45, 2.75) is 43.8 Å². The first kappa shape index (κ1) is 24.8. The van der Waals surface area contributed by atoms with E-state index in [1.165, 1.54) is 12.1 Å². The number of fused-ring (bicyclic) bond motifs is 1. The summed E-state index contributed by atoms with van der Waals surface area (Å²) in [7, 11) is 0. The van der Waals surface area contributed by atoms with Crippen LogP contribution in [0.3, 0.4) is 0 Å². The molecule has 3 aromatic rings. The van der Waals surface area contributed by atoms with Crippen molar-refractivity contribution in [2.24, 2.45) is 0 Å². The number of benzene rings is 2. The Morgan fingerprint density at radius 2 is 1.84 bits per heavy atom. The molecule has 0 spiro atoms. The van der Waals surface area contributed by atoms with E-state index in [1.807, 2.05) is 24.3 Å². The van der Waals surface area contributed by atoms with Gasteiger partial charge in [-0.05, 0) is 36.6 Å². The molecule has 1 fully saturated rings. The van der Waals surface area contributed by atoms with Crippen LogP contribution in [0.4, 0.5) is 4.39 Å². The van der Waals surface area contributed by atoms with Gasteiger partial charge in [-0.3, -0.25) is 9.78 Å². The Labute approximate surface area is 218 Å². The van der Waals surface area contributed by atoms with Crippen molar-refractivity contribution in [1.82, 2.24) is 4.98 Å². The van der Waals surface area contributed by atoms with Gasteiger partial charge in [0.1, 0.15) is 5.82 Å². The maximum Gasteiger partial charge on any atom is 2.00 e. The van der Waals surface area contributed by atoms with Crippen molar-refractivity contribution in [1.29, 1.82) is 0 Å². The Kier molecular flexibility index (Phi) is 8.42. The van der Waals surface area contributed by atoms with Gasteiger partial charge in [-0.15, -0.1) is 0 Å². The molecule has 1 aromatic heterocycles. The minimum Gasteiger partial charge on any atom is -1.00 e. The van der Waals surface area contributed by atoms with Crippen LogP contribution < -0.4 is 0 Å². The van der Waals surface area contributed by atoms with Crippen molar-refractivity contribution in [3.05, 3.63) is 71.7 Å². The molecule has 164 valence electrons. The Hall–Kier alpha value is -1.83. The molecule has 1 aliphatic rings. The first-order chi connectivity index (χ1) is 14.9. The number of carbonyl (C=O) groups is 1. The van der Waals surface area contributed by atoms with Gasteiger partial charge in [0.2, 0.25) is 0 Å².